The van der Waals surface area contributed by atoms with Crippen LogP contribution >= 0.6 is 0 Å². The fourth-order valence-electron chi connectivity index (χ4n) is 4.78. The zero-order chi connectivity index (χ0) is 31.4. The topological polar surface area (TPSA) is 126 Å². The second-order valence-electron chi connectivity index (χ2n) is 12.0. The number of carbonyl (C=O) groups excluding carboxylic acids is 1. The van der Waals surface area contributed by atoms with Crippen molar-refractivity contribution in [1.82, 2.24) is 19.8 Å². The molecule has 3 aromatic rings. The van der Waals surface area contributed by atoms with Crippen molar-refractivity contribution in [1.29, 1.82) is 0 Å². The number of hydrogen-bond acceptors (Lipinski definition) is 9. The van der Waals surface area contributed by atoms with Gasteiger partial charge in [-0.3, -0.25) is 14.4 Å². The number of rotatable bonds is 9. The first kappa shape index (κ1) is 32.2. The number of methoxy groups -OCH3 is 1. The Morgan fingerprint density at radius 3 is 2.49 bits per heavy atom. The lowest BCUT2D eigenvalue weighted by molar-refractivity contribution is 0.102. The lowest BCUT2D eigenvalue weighted by atomic mass is 9.86. The van der Waals surface area contributed by atoms with E-state index in [1.807, 2.05) is 27.7 Å². The van der Waals surface area contributed by atoms with Crippen LogP contribution in [0.1, 0.15) is 54.5 Å². The van der Waals surface area contributed by atoms with Crippen LogP contribution in [-0.2, 0) is 22.0 Å². The van der Waals surface area contributed by atoms with Crippen LogP contribution in [0.5, 0.6) is 17.4 Å². The fourth-order valence-corrected chi connectivity index (χ4v) is 5.33. The Hall–Kier alpha value is -3.74. The van der Waals surface area contributed by atoms with E-state index >= 15 is 0 Å². The van der Waals surface area contributed by atoms with Crippen molar-refractivity contribution in [3.63, 3.8) is 0 Å². The molecule has 0 spiro atoms. The van der Waals surface area contributed by atoms with E-state index in [9.17, 15) is 13.2 Å². The predicted octanol–water partition coefficient (Wildman–Crippen LogP) is 4.64. The van der Waals surface area contributed by atoms with Gasteiger partial charge in [0.1, 0.15) is 11.6 Å². The smallest absolute Gasteiger partial charge is 0.255 e. The third kappa shape index (κ3) is 8.88. The van der Waals surface area contributed by atoms with E-state index in [-0.39, 0.29) is 16.9 Å². The molecule has 1 aliphatic rings. The van der Waals surface area contributed by atoms with E-state index in [1.165, 1.54) is 7.11 Å². The molecule has 2 N–H and O–H groups in total. The summed E-state index contributed by atoms with van der Waals surface area (Å²) in [5, 5.41) is 2.90. The number of anilines is 2. The summed E-state index contributed by atoms with van der Waals surface area (Å²) in [5.74, 6) is 1.36. The van der Waals surface area contributed by atoms with Crippen molar-refractivity contribution < 1.29 is 22.7 Å². The Kier molecular flexibility index (Phi) is 9.93. The summed E-state index contributed by atoms with van der Waals surface area (Å²) in [6, 6.07) is 10.4. The summed E-state index contributed by atoms with van der Waals surface area (Å²) < 4.78 is 38.3. The second-order valence-corrected chi connectivity index (χ2v) is 13.8. The van der Waals surface area contributed by atoms with Crippen LogP contribution in [0.3, 0.4) is 0 Å². The van der Waals surface area contributed by atoms with Crippen LogP contribution < -0.4 is 19.5 Å². The number of likely N-dealkylation sites (N-methyl/N-ethyl adjacent to an activating group) is 1. The molecule has 0 unspecified atom stereocenters. The minimum atomic E-state index is -3.60. The van der Waals surface area contributed by atoms with Crippen LogP contribution in [0, 0.1) is 6.92 Å². The molecular formula is C31H42N6O5S. The highest BCUT2D eigenvalue weighted by Crippen LogP contribution is 2.39. The van der Waals surface area contributed by atoms with Crippen LogP contribution in [0.15, 0.2) is 42.6 Å². The number of hydrogen-bond donors (Lipinski definition) is 2. The van der Waals surface area contributed by atoms with E-state index in [1.54, 1.807) is 42.6 Å². The van der Waals surface area contributed by atoms with Crippen LogP contribution in [0.2, 0.25) is 0 Å². The maximum atomic E-state index is 13.5. The Morgan fingerprint density at radius 1 is 1.05 bits per heavy atom. The number of aromatic nitrogens is 2. The summed E-state index contributed by atoms with van der Waals surface area (Å²) >= 11 is 0. The van der Waals surface area contributed by atoms with Crippen molar-refractivity contribution >= 4 is 27.3 Å². The molecule has 4 rings (SSSR count). The maximum Gasteiger partial charge on any atom is 0.255 e. The van der Waals surface area contributed by atoms with Gasteiger partial charge in [-0.1, -0.05) is 26.8 Å². The molecule has 232 valence electrons. The predicted molar refractivity (Wildman–Crippen MR) is 169 cm³/mol. The number of nitrogens with one attached hydrogen (secondary N) is 2. The first-order valence-electron chi connectivity index (χ1n) is 14.2. The number of sulfonamides is 1. The molecule has 1 aliphatic heterocycles. The number of carbonyl (C=O) groups is 1. The summed E-state index contributed by atoms with van der Waals surface area (Å²) in [5.41, 5.74) is 2.25. The Bertz CT molecular complexity index is 1570. The number of benzene rings is 2. The molecule has 0 atom stereocenters. The number of aryl methyl sites for hydroxylation is 1. The van der Waals surface area contributed by atoms with Crippen molar-refractivity contribution in [3.05, 3.63) is 65.1 Å². The average molecular weight is 611 g/mol. The fraction of sp³-hybridized carbons (Fsp3) is 0.452. The van der Waals surface area contributed by atoms with Gasteiger partial charge in [-0.2, -0.15) is 4.98 Å². The highest BCUT2D eigenvalue weighted by molar-refractivity contribution is 7.92. The van der Waals surface area contributed by atoms with Crippen molar-refractivity contribution in [3.8, 4) is 17.4 Å². The molecule has 1 aromatic heterocycles. The van der Waals surface area contributed by atoms with Gasteiger partial charge in [0, 0.05) is 30.9 Å². The second kappa shape index (κ2) is 13.3. The largest absolute Gasteiger partial charge is 0.492 e. The molecular weight excluding hydrogens is 568 g/mol. The Balaban J connectivity index is 1.56. The zero-order valence-electron chi connectivity index (χ0n) is 26.0. The molecule has 0 saturated carbocycles. The zero-order valence-corrected chi connectivity index (χ0v) is 26.8. The molecule has 1 saturated heterocycles. The molecule has 0 radical (unpaired) electrons. The van der Waals surface area contributed by atoms with Gasteiger partial charge in [0.25, 0.3) is 5.91 Å². The standard InChI is InChI=1S/C31H42N6O5S/c1-21-9-10-22(17-26(21)42-28-11-12-32-27(34-28)20-37-14-8-13-36(5)15-16-37)30(38)33-24-18-23(31(2,3)4)19-25(29(24)41-6)35-43(7,39)40/h9-12,17-19,35H,8,13-16,20H2,1-7H3,(H,33,38). The molecule has 11 nitrogen and oxygen atoms in total. The number of amides is 1. The van der Waals surface area contributed by atoms with Crippen molar-refractivity contribution in [2.75, 3.05) is 56.6 Å². The lowest BCUT2D eigenvalue weighted by Gasteiger charge is -2.24. The SMILES string of the molecule is COc1c(NC(=O)c2ccc(C)c(Oc3ccnc(CN4CCCN(C)CC4)n3)c2)cc(C(C)(C)C)cc1NS(C)(=O)=O. The van der Waals surface area contributed by atoms with Crippen LogP contribution in [-0.4, -0.2) is 80.7 Å². The summed E-state index contributed by atoms with van der Waals surface area (Å²) in [7, 11) is -0.0373. The van der Waals surface area contributed by atoms with E-state index in [0.29, 0.717) is 35.2 Å². The van der Waals surface area contributed by atoms with Gasteiger partial charge in [0.2, 0.25) is 15.9 Å². The molecule has 12 heteroatoms. The van der Waals surface area contributed by atoms with Crippen LogP contribution in [0.25, 0.3) is 0 Å². The molecule has 0 bridgehead atoms. The molecule has 2 heterocycles. The Labute approximate surface area is 254 Å². The normalized spacial score (nSPS) is 15.0. The summed E-state index contributed by atoms with van der Waals surface area (Å²) in [6.45, 7) is 12.6. The Morgan fingerprint density at radius 2 is 1.79 bits per heavy atom. The summed E-state index contributed by atoms with van der Waals surface area (Å²) in [6.07, 6.45) is 3.85. The minimum absolute atomic E-state index is 0.208. The van der Waals surface area contributed by atoms with Crippen molar-refractivity contribution in [2.45, 2.75) is 46.1 Å². The highest BCUT2D eigenvalue weighted by Gasteiger charge is 2.23. The summed E-state index contributed by atoms with van der Waals surface area (Å²) in [4.78, 5) is 27.2. The van der Waals surface area contributed by atoms with E-state index in [0.717, 1.165) is 50.0 Å². The third-order valence-electron chi connectivity index (χ3n) is 7.22. The lowest BCUT2D eigenvalue weighted by Crippen LogP contribution is -2.29. The van der Waals surface area contributed by atoms with Gasteiger partial charge in [0.05, 0.1) is 31.3 Å². The van der Waals surface area contributed by atoms with Gasteiger partial charge in [-0.05, 0) is 74.3 Å². The van der Waals surface area contributed by atoms with Gasteiger partial charge in [0.15, 0.2) is 5.75 Å². The molecule has 1 amide bonds. The number of nitrogens with zero attached hydrogens (tertiary/aromatic N) is 4. The quantitative estimate of drug-likeness (QED) is 0.356. The van der Waals surface area contributed by atoms with E-state index < -0.39 is 15.9 Å². The van der Waals surface area contributed by atoms with Gasteiger partial charge < -0.3 is 19.7 Å². The maximum absolute atomic E-state index is 13.5. The average Bonchev–Trinajstić information content (AvgIpc) is 3.12. The molecule has 2 aromatic carbocycles. The first-order valence-corrected chi connectivity index (χ1v) is 16.1. The van der Waals surface area contributed by atoms with E-state index in [4.69, 9.17) is 9.47 Å². The van der Waals surface area contributed by atoms with Gasteiger partial charge >= 0.3 is 0 Å². The minimum Gasteiger partial charge on any atom is -0.492 e. The van der Waals surface area contributed by atoms with Crippen LogP contribution in [0.4, 0.5) is 11.4 Å². The molecule has 43 heavy (non-hydrogen) atoms. The van der Waals surface area contributed by atoms with Gasteiger partial charge in [-0.25, -0.2) is 13.4 Å². The first-order chi connectivity index (χ1) is 20.2. The third-order valence-corrected chi connectivity index (χ3v) is 7.82. The molecule has 0 aliphatic carbocycles. The highest BCUT2D eigenvalue weighted by atomic mass is 32.2. The van der Waals surface area contributed by atoms with Crippen molar-refractivity contribution in [2.24, 2.45) is 0 Å². The van der Waals surface area contributed by atoms with E-state index in [2.05, 4.69) is 36.9 Å². The monoisotopic (exact) mass is 610 g/mol. The number of ether oxygens (including phenoxy) is 2. The molecule has 1 fully saturated rings. The van der Waals surface area contributed by atoms with Gasteiger partial charge in [-0.15, -0.1) is 0 Å².